The molecule has 4 rings (SSSR count). The van der Waals surface area contributed by atoms with Gasteiger partial charge in [-0.3, -0.25) is 9.78 Å². The molecular formula is C24H25N5O2S. The number of amides is 1. The van der Waals surface area contributed by atoms with Gasteiger partial charge in [0.25, 0.3) is 0 Å². The molecule has 3 aromatic heterocycles. The molecular weight excluding hydrogens is 422 g/mol. The molecule has 0 aliphatic heterocycles. The van der Waals surface area contributed by atoms with Crippen LogP contribution in [0.3, 0.4) is 0 Å². The predicted octanol–water partition coefficient (Wildman–Crippen LogP) is 4.58. The van der Waals surface area contributed by atoms with Gasteiger partial charge in [-0.2, -0.15) is 0 Å². The van der Waals surface area contributed by atoms with E-state index in [0.717, 1.165) is 40.0 Å². The number of furan rings is 1. The fourth-order valence-corrected chi connectivity index (χ4v) is 4.36. The second-order valence-corrected chi connectivity index (χ2v) is 8.29. The predicted molar refractivity (Wildman–Crippen MR) is 124 cm³/mol. The second kappa shape index (κ2) is 10.3. The van der Waals surface area contributed by atoms with Crippen LogP contribution in [-0.4, -0.2) is 36.3 Å². The van der Waals surface area contributed by atoms with Gasteiger partial charge in [0.15, 0.2) is 11.0 Å². The van der Waals surface area contributed by atoms with Gasteiger partial charge in [0.05, 0.1) is 18.6 Å². The van der Waals surface area contributed by atoms with Crippen LogP contribution in [0.25, 0.3) is 11.4 Å². The van der Waals surface area contributed by atoms with E-state index in [0.29, 0.717) is 13.1 Å². The second-order valence-electron chi connectivity index (χ2n) is 7.34. The smallest absolute Gasteiger partial charge is 0.233 e. The van der Waals surface area contributed by atoms with Gasteiger partial charge in [-0.15, -0.1) is 10.2 Å². The highest BCUT2D eigenvalue weighted by Gasteiger charge is 2.20. The van der Waals surface area contributed by atoms with E-state index in [1.54, 1.807) is 23.6 Å². The molecule has 0 fully saturated rings. The highest BCUT2D eigenvalue weighted by Crippen LogP contribution is 2.26. The summed E-state index contributed by atoms with van der Waals surface area (Å²) in [6.07, 6.45) is 5.12. The van der Waals surface area contributed by atoms with Crippen molar-refractivity contribution in [3.8, 4) is 11.4 Å². The Balaban J connectivity index is 1.50. The number of benzene rings is 1. The van der Waals surface area contributed by atoms with Crippen LogP contribution in [0.2, 0.25) is 0 Å². The molecule has 0 atom stereocenters. The summed E-state index contributed by atoms with van der Waals surface area (Å²) in [4.78, 5) is 19.1. The molecule has 0 unspecified atom stereocenters. The quantitative estimate of drug-likeness (QED) is 0.350. The third kappa shape index (κ3) is 5.08. The molecule has 0 spiro atoms. The van der Waals surface area contributed by atoms with E-state index in [2.05, 4.69) is 39.7 Å². The molecule has 0 N–H and O–H groups in total. The summed E-state index contributed by atoms with van der Waals surface area (Å²) in [5.74, 6) is 1.82. The zero-order chi connectivity index (χ0) is 22.3. The molecule has 4 aromatic rings. The molecule has 0 saturated carbocycles. The van der Waals surface area contributed by atoms with Crippen LogP contribution in [-0.2, 0) is 24.4 Å². The number of nitrogens with zero attached hydrogens (tertiary/aromatic N) is 5. The Labute approximate surface area is 191 Å². The van der Waals surface area contributed by atoms with Crippen molar-refractivity contribution < 1.29 is 9.21 Å². The number of aromatic nitrogens is 4. The minimum atomic E-state index is -0.00153. The van der Waals surface area contributed by atoms with E-state index in [1.807, 2.05) is 42.5 Å². The Hall–Kier alpha value is -3.39. The van der Waals surface area contributed by atoms with Gasteiger partial charge >= 0.3 is 0 Å². The first-order chi connectivity index (χ1) is 15.7. The van der Waals surface area contributed by atoms with E-state index in [1.165, 1.54) is 11.8 Å². The molecule has 0 saturated heterocycles. The van der Waals surface area contributed by atoms with Crippen LogP contribution < -0.4 is 0 Å². The SMILES string of the molecule is CCn1c(SCC(=O)N(Cc2cccnc2)Cc2ccco2)nnc1-c1ccccc1C. The minimum Gasteiger partial charge on any atom is -0.467 e. The van der Waals surface area contributed by atoms with Crippen LogP contribution in [0.15, 0.2) is 76.8 Å². The molecule has 32 heavy (non-hydrogen) atoms. The molecule has 0 bridgehead atoms. The Kier molecular flexibility index (Phi) is 7.01. The zero-order valence-electron chi connectivity index (χ0n) is 18.1. The summed E-state index contributed by atoms with van der Waals surface area (Å²) in [6, 6.07) is 15.6. The third-order valence-electron chi connectivity index (χ3n) is 5.12. The van der Waals surface area contributed by atoms with Gasteiger partial charge in [-0.05, 0) is 43.2 Å². The zero-order valence-corrected chi connectivity index (χ0v) is 19.0. The van der Waals surface area contributed by atoms with Crippen LogP contribution >= 0.6 is 11.8 Å². The first-order valence-corrected chi connectivity index (χ1v) is 11.4. The van der Waals surface area contributed by atoms with Crippen molar-refractivity contribution in [1.29, 1.82) is 0 Å². The topological polar surface area (TPSA) is 77.0 Å². The third-order valence-corrected chi connectivity index (χ3v) is 6.07. The average molecular weight is 448 g/mol. The van der Waals surface area contributed by atoms with Crippen molar-refractivity contribution in [3.05, 3.63) is 84.1 Å². The van der Waals surface area contributed by atoms with Gasteiger partial charge in [-0.1, -0.05) is 42.1 Å². The van der Waals surface area contributed by atoms with E-state index < -0.39 is 0 Å². The van der Waals surface area contributed by atoms with Gasteiger partial charge in [0.1, 0.15) is 5.76 Å². The average Bonchev–Trinajstić information content (AvgIpc) is 3.47. The monoisotopic (exact) mass is 447 g/mol. The number of aryl methyl sites for hydroxylation is 1. The van der Waals surface area contributed by atoms with Gasteiger partial charge in [0, 0.05) is 31.0 Å². The summed E-state index contributed by atoms with van der Waals surface area (Å²) >= 11 is 1.40. The van der Waals surface area contributed by atoms with Gasteiger partial charge in [-0.25, -0.2) is 0 Å². The normalized spacial score (nSPS) is 10.9. The van der Waals surface area contributed by atoms with Crippen molar-refractivity contribution in [2.45, 2.75) is 38.6 Å². The maximum atomic E-state index is 13.2. The molecule has 7 nitrogen and oxygen atoms in total. The molecule has 0 radical (unpaired) electrons. The number of thioether (sulfide) groups is 1. The number of rotatable bonds is 9. The lowest BCUT2D eigenvalue weighted by atomic mass is 10.1. The molecule has 0 aliphatic carbocycles. The Morgan fingerprint density at radius 2 is 1.97 bits per heavy atom. The summed E-state index contributed by atoms with van der Waals surface area (Å²) < 4.78 is 7.53. The number of pyridine rings is 1. The lowest BCUT2D eigenvalue weighted by Crippen LogP contribution is -2.31. The number of hydrogen-bond acceptors (Lipinski definition) is 6. The van der Waals surface area contributed by atoms with Crippen molar-refractivity contribution in [2.75, 3.05) is 5.75 Å². The number of hydrogen-bond donors (Lipinski definition) is 0. The highest BCUT2D eigenvalue weighted by atomic mass is 32.2. The lowest BCUT2D eigenvalue weighted by Gasteiger charge is -2.21. The minimum absolute atomic E-state index is 0.00153. The maximum absolute atomic E-state index is 13.2. The van der Waals surface area contributed by atoms with Crippen molar-refractivity contribution >= 4 is 17.7 Å². The fourth-order valence-electron chi connectivity index (χ4n) is 3.46. The molecule has 1 amide bonds. The molecule has 0 aliphatic rings. The van der Waals surface area contributed by atoms with Crippen LogP contribution in [0.1, 0.15) is 23.8 Å². The maximum Gasteiger partial charge on any atom is 0.233 e. The first-order valence-electron chi connectivity index (χ1n) is 10.5. The van der Waals surface area contributed by atoms with Gasteiger partial charge in [0.2, 0.25) is 5.91 Å². The Bertz CT molecular complexity index is 1160. The van der Waals surface area contributed by atoms with Crippen LogP contribution in [0.5, 0.6) is 0 Å². The molecule has 8 heteroatoms. The molecule has 164 valence electrons. The van der Waals surface area contributed by atoms with E-state index in [9.17, 15) is 4.79 Å². The Morgan fingerprint density at radius 3 is 2.69 bits per heavy atom. The van der Waals surface area contributed by atoms with E-state index in [-0.39, 0.29) is 11.7 Å². The molecule has 3 heterocycles. The van der Waals surface area contributed by atoms with Gasteiger partial charge < -0.3 is 13.9 Å². The number of carbonyl (C=O) groups excluding carboxylic acids is 1. The summed E-state index contributed by atoms with van der Waals surface area (Å²) in [6.45, 7) is 5.70. The van der Waals surface area contributed by atoms with Crippen molar-refractivity contribution in [3.63, 3.8) is 0 Å². The molecule has 1 aromatic carbocycles. The Morgan fingerprint density at radius 1 is 1.09 bits per heavy atom. The first kappa shape index (κ1) is 21.8. The van der Waals surface area contributed by atoms with E-state index in [4.69, 9.17) is 4.42 Å². The van der Waals surface area contributed by atoms with Crippen LogP contribution in [0, 0.1) is 6.92 Å². The van der Waals surface area contributed by atoms with E-state index >= 15 is 0 Å². The largest absolute Gasteiger partial charge is 0.467 e. The fraction of sp³-hybridized carbons (Fsp3) is 0.250. The van der Waals surface area contributed by atoms with Crippen molar-refractivity contribution in [1.82, 2.24) is 24.6 Å². The van der Waals surface area contributed by atoms with Crippen LogP contribution in [0.4, 0.5) is 0 Å². The van der Waals surface area contributed by atoms with Crippen molar-refractivity contribution in [2.24, 2.45) is 0 Å². The standard InChI is InChI=1S/C24H25N5O2S/c1-3-29-23(21-11-5-4-8-18(21)2)26-27-24(29)32-17-22(30)28(16-20-10-7-13-31-20)15-19-9-6-12-25-14-19/h4-14H,3,15-17H2,1-2H3. The lowest BCUT2D eigenvalue weighted by molar-refractivity contribution is -0.129. The summed E-state index contributed by atoms with van der Waals surface area (Å²) in [5, 5.41) is 9.52. The summed E-state index contributed by atoms with van der Waals surface area (Å²) in [7, 11) is 0. The summed E-state index contributed by atoms with van der Waals surface area (Å²) in [5.41, 5.74) is 3.16. The number of carbonyl (C=O) groups is 1. The highest BCUT2D eigenvalue weighted by molar-refractivity contribution is 7.99.